The third-order valence-corrected chi connectivity index (χ3v) is 6.42. The first-order chi connectivity index (χ1) is 15.3. The fraction of sp³-hybridized carbons (Fsp3) is 0.500. The van der Waals surface area contributed by atoms with E-state index in [1.54, 1.807) is 0 Å². The van der Waals surface area contributed by atoms with Crippen molar-refractivity contribution in [3.8, 4) is 5.95 Å². The Morgan fingerprint density at radius 2 is 1.97 bits per heavy atom. The maximum Gasteiger partial charge on any atom is 0.236 e. The molecule has 3 aromatic rings. The second-order valence-corrected chi connectivity index (χ2v) is 8.45. The maximum atomic E-state index is 5.86. The van der Waals surface area contributed by atoms with E-state index in [0.717, 1.165) is 80.4 Å². The van der Waals surface area contributed by atoms with E-state index in [9.17, 15) is 0 Å². The number of para-hydroxylation sites is 1. The monoisotopic (exact) mass is 421 g/mol. The molecule has 5 rings (SSSR count). The van der Waals surface area contributed by atoms with Gasteiger partial charge in [-0.05, 0) is 49.8 Å². The topological polar surface area (TPSA) is 87.2 Å². The fourth-order valence-corrected chi connectivity index (χ4v) is 4.67. The summed E-state index contributed by atoms with van der Waals surface area (Å²) in [5, 5.41) is 4.82. The zero-order valence-electron chi connectivity index (χ0n) is 18.0. The van der Waals surface area contributed by atoms with Gasteiger partial charge in [-0.3, -0.25) is 4.57 Å². The van der Waals surface area contributed by atoms with Gasteiger partial charge in [0.15, 0.2) is 0 Å². The molecule has 0 bridgehead atoms. The van der Waals surface area contributed by atoms with Gasteiger partial charge in [-0.2, -0.15) is 4.98 Å². The van der Waals surface area contributed by atoms with Crippen LogP contribution in [0.3, 0.4) is 0 Å². The molecule has 0 aliphatic carbocycles. The van der Waals surface area contributed by atoms with E-state index in [4.69, 9.17) is 25.2 Å². The van der Waals surface area contributed by atoms with E-state index in [1.807, 2.05) is 0 Å². The van der Waals surface area contributed by atoms with Crippen molar-refractivity contribution in [1.29, 1.82) is 0 Å². The smallest absolute Gasteiger partial charge is 0.236 e. The van der Waals surface area contributed by atoms with Gasteiger partial charge in [0.25, 0.3) is 0 Å². The maximum absolute atomic E-state index is 5.86. The third kappa shape index (κ3) is 4.31. The van der Waals surface area contributed by atoms with Crippen molar-refractivity contribution in [3.63, 3.8) is 0 Å². The lowest BCUT2D eigenvalue weighted by atomic mass is 9.97. The van der Waals surface area contributed by atoms with Crippen LogP contribution in [0.1, 0.15) is 36.1 Å². The van der Waals surface area contributed by atoms with Crippen LogP contribution in [0, 0.1) is 5.92 Å². The van der Waals surface area contributed by atoms with Crippen molar-refractivity contribution in [2.24, 2.45) is 11.7 Å². The molecular weight excluding hydrogens is 390 g/mol. The second kappa shape index (κ2) is 9.34. The molecule has 164 valence electrons. The van der Waals surface area contributed by atoms with Crippen molar-refractivity contribution >= 4 is 16.7 Å². The number of rotatable bonds is 7. The van der Waals surface area contributed by atoms with Gasteiger partial charge < -0.3 is 20.5 Å². The van der Waals surface area contributed by atoms with Crippen molar-refractivity contribution in [2.75, 3.05) is 38.2 Å². The number of benzene rings is 1. The quantitative estimate of drug-likeness (QED) is 0.609. The number of nitrogens with one attached hydrogen (secondary N) is 1. The molecule has 0 atom stereocenters. The first kappa shape index (κ1) is 20.4. The minimum absolute atomic E-state index is 0.570. The Hall–Kier alpha value is -2.48. The van der Waals surface area contributed by atoms with Gasteiger partial charge in [-0.25, -0.2) is 4.98 Å². The molecule has 0 amide bonds. The van der Waals surface area contributed by atoms with Gasteiger partial charge in [0.05, 0.1) is 24.4 Å². The van der Waals surface area contributed by atoms with Gasteiger partial charge in [0, 0.05) is 43.3 Å². The van der Waals surface area contributed by atoms with Crippen molar-refractivity contribution in [2.45, 2.75) is 38.7 Å². The van der Waals surface area contributed by atoms with Crippen LogP contribution in [0.15, 0.2) is 30.5 Å². The Morgan fingerprint density at radius 1 is 1.10 bits per heavy atom. The van der Waals surface area contributed by atoms with Gasteiger partial charge in [0.2, 0.25) is 5.95 Å². The predicted octanol–water partition coefficient (Wildman–Crippen LogP) is 3.22. The minimum Gasteiger partial charge on any atom is -0.381 e. The zero-order valence-corrected chi connectivity index (χ0v) is 18.0. The zero-order chi connectivity index (χ0) is 21.0. The van der Waals surface area contributed by atoms with E-state index in [0.29, 0.717) is 25.7 Å². The normalized spacial score (nSPS) is 17.1. The molecule has 1 fully saturated rings. The highest BCUT2D eigenvalue weighted by Gasteiger charge is 2.21. The minimum atomic E-state index is 0.570. The van der Waals surface area contributed by atoms with Crippen molar-refractivity contribution in [1.82, 2.24) is 14.5 Å². The average Bonchev–Trinajstić information content (AvgIpc) is 3.18. The Balaban J connectivity index is 1.47. The van der Waals surface area contributed by atoms with Gasteiger partial charge in [0.1, 0.15) is 5.82 Å². The largest absolute Gasteiger partial charge is 0.381 e. The summed E-state index contributed by atoms with van der Waals surface area (Å²) in [4.78, 5) is 9.92. The van der Waals surface area contributed by atoms with Gasteiger partial charge in [-0.15, -0.1) is 0 Å². The summed E-state index contributed by atoms with van der Waals surface area (Å²) in [6, 6.07) is 8.40. The molecule has 4 heterocycles. The summed E-state index contributed by atoms with van der Waals surface area (Å²) in [6.45, 7) is 4.57. The molecule has 0 unspecified atom stereocenters. The number of hydrogen-bond acceptors (Lipinski definition) is 6. The van der Waals surface area contributed by atoms with Crippen LogP contribution >= 0.6 is 0 Å². The van der Waals surface area contributed by atoms with E-state index in [2.05, 4.69) is 40.3 Å². The lowest BCUT2D eigenvalue weighted by Crippen LogP contribution is -2.21. The molecule has 0 radical (unpaired) electrons. The molecule has 2 aromatic heterocycles. The summed E-state index contributed by atoms with van der Waals surface area (Å²) >= 11 is 0. The third-order valence-electron chi connectivity index (χ3n) is 6.42. The number of nitrogens with zero attached hydrogens (tertiary/aromatic N) is 3. The SMILES string of the molecule is NCCc1cn(-c2nc3c(c(NCCC4CCOCC4)n2)COCC3)c2ccccc12. The van der Waals surface area contributed by atoms with Crippen LogP contribution in [0.4, 0.5) is 5.82 Å². The van der Waals surface area contributed by atoms with E-state index in [1.165, 1.54) is 10.9 Å². The average molecular weight is 422 g/mol. The Labute approximate surface area is 183 Å². The van der Waals surface area contributed by atoms with Crippen LogP contribution in [-0.4, -0.2) is 47.4 Å². The molecule has 2 aliphatic rings. The van der Waals surface area contributed by atoms with Crippen LogP contribution in [0.25, 0.3) is 16.9 Å². The molecule has 7 heteroatoms. The standard InChI is InChI=1S/C24H31N5O2/c25-10-5-18-15-29(22-4-2-1-3-19(18)22)24-27-21-9-14-31-16-20(21)23(28-24)26-11-6-17-7-12-30-13-8-17/h1-4,15,17H,5-14,16,25H2,(H,26,27,28). The molecule has 1 saturated heterocycles. The lowest BCUT2D eigenvalue weighted by molar-refractivity contribution is 0.0649. The van der Waals surface area contributed by atoms with Crippen molar-refractivity contribution in [3.05, 3.63) is 47.3 Å². The lowest BCUT2D eigenvalue weighted by Gasteiger charge is -2.23. The van der Waals surface area contributed by atoms with E-state index in [-0.39, 0.29) is 0 Å². The van der Waals surface area contributed by atoms with Crippen LogP contribution in [0.2, 0.25) is 0 Å². The number of aromatic nitrogens is 3. The molecule has 3 N–H and O–H groups in total. The first-order valence-electron chi connectivity index (χ1n) is 11.4. The van der Waals surface area contributed by atoms with Crippen LogP contribution in [-0.2, 0) is 28.9 Å². The molecule has 2 aliphatic heterocycles. The van der Waals surface area contributed by atoms with Crippen LogP contribution < -0.4 is 11.1 Å². The van der Waals surface area contributed by atoms with Gasteiger partial charge in [-0.1, -0.05) is 18.2 Å². The second-order valence-electron chi connectivity index (χ2n) is 8.45. The summed E-state index contributed by atoms with van der Waals surface area (Å²) in [5.41, 5.74) is 10.4. The molecule has 7 nitrogen and oxygen atoms in total. The Morgan fingerprint density at radius 3 is 2.84 bits per heavy atom. The summed E-state index contributed by atoms with van der Waals surface area (Å²) < 4.78 is 13.3. The van der Waals surface area contributed by atoms with Gasteiger partial charge >= 0.3 is 0 Å². The molecule has 1 aromatic carbocycles. The summed E-state index contributed by atoms with van der Waals surface area (Å²) in [5.74, 6) is 2.35. The van der Waals surface area contributed by atoms with E-state index < -0.39 is 0 Å². The number of hydrogen-bond donors (Lipinski definition) is 2. The highest BCUT2D eigenvalue weighted by Crippen LogP contribution is 2.28. The van der Waals surface area contributed by atoms with Crippen molar-refractivity contribution < 1.29 is 9.47 Å². The highest BCUT2D eigenvalue weighted by molar-refractivity contribution is 5.85. The summed E-state index contributed by atoms with van der Waals surface area (Å²) in [6.07, 6.45) is 7.22. The number of nitrogens with two attached hydrogens (primary N) is 1. The molecular formula is C24H31N5O2. The summed E-state index contributed by atoms with van der Waals surface area (Å²) in [7, 11) is 0. The molecule has 31 heavy (non-hydrogen) atoms. The fourth-order valence-electron chi connectivity index (χ4n) is 4.67. The number of anilines is 1. The highest BCUT2D eigenvalue weighted by atomic mass is 16.5. The van der Waals surface area contributed by atoms with E-state index >= 15 is 0 Å². The van der Waals surface area contributed by atoms with Crippen LogP contribution in [0.5, 0.6) is 0 Å². The number of fused-ring (bicyclic) bond motifs is 2. The molecule has 0 saturated carbocycles. The number of ether oxygens (including phenoxy) is 2. The Bertz CT molecular complexity index is 1040. The molecule has 0 spiro atoms. The predicted molar refractivity (Wildman–Crippen MR) is 122 cm³/mol. The Kier molecular flexibility index (Phi) is 6.15. The first-order valence-corrected chi connectivity index (χ1v) is 11.4.